The van der Waals surface area contributed by atoms with Crippen molar-refractivity contribution in [3.05, 3.63) is 67.4 Å². The van der Waals surface area contributed by atoms with E-state index in [1.54, 1.807) is 26.4 Å². The molecule has 0 aliphatic carbocycles. The first-order valence-corrected chi connectivity index (χ1v) is 9.59. The lowest BCUT2D eigenvalue weighted by atomic mass is 10.2. The van der Waals surface area contributed by atoms with Crippen molar-refractivity contribution in [1.29, 1.82) is 0 Å². The normalized spacial score (nSPS) is 11.9. The zero-order valence-electron chi connectivity index (χ0n) is 14.5. The van der Waals surface area contributed by atoms with Crippen LogP contribution in [-0.2, 0) is 0 Å². The first kappa shape index (κ1) is 17.7. The van der Waals surface area contributed by atoms with Gasteiger partial charge in [0.2, 0.25) is 4.96 Å². The predicted octanol–water partition coefficient (Wildman–Crippen LogP) is 3.15. The van der Waals surface area contributed by atoms with Crippen LogP contribution in [0.3, 0.4) is 0 Å². The number of ether oxygens (including phenoxy) is 2. The Morgan fingerprint density at radius 3 is 2.63 bits per heavy atom. The van der Waals surface area contributed by atoms with Crippen LogP contribution in [0.1, 0.15) is 5.56 Å². The molecule has 27 heavy (non-hydrogen) atoms. The van der Waals surface area contributed by atoms with E-state index in [9.17, 15) is 4.79 Å². The van der Waals surface area contributed by atoms with Crippen molar-refractivity contribution < 1.29 is 9.47 Å². The Hall–Kier alpha value is -2.71. The summed E-state index contributed by atoms with van der Waals surface area (Å²) in [7, 11) is 3.15. The van der Waals surface area contributed by atoms with Gasteiger partial charge >= 0.3 is 0 Å². The van der Waals surface area contributed by atoms with E-state index in [1.165, 1.54) is 15.9 Å². The first-order valence-electron chi connectivity index (χ1n) is 7.98. The molecule has 136 valence electrons. The molecule has 4 rings (SSSR count). The summed E-state index contributed by atoms with van der Waals surface area (Å²) in [6.07, 6.45) is 1.84. The third-order valence-electron chi connectivity index (χ3n) is 3.97. The molecule has 0 saturated carbocycles. The van der Waals surface area contributed by atoms with E-state index in [0.717, 1.165) is 15.6 Å². The number of fused-ring (bicyclic) bond motifs is 1. The summed E-state index contributed by atoms with van der Waals surface area (Å²) in [6.45, 7) is 0. The maximum atomic E-state index is 12.7. The number of rotatable bonds is 4. The summed E-state index contributed by atoms with van der Waals surface area (Å²) < 4.78 is 13.4. The molecule has 0 aliphatic rings. The molecule has 0 atom stereocenters. The molecule has 0 radical (unpaired) electrons. The Kier molecular flexibility index (Phi) is 4.67. The second-order valence-corrected chi connectivity index (χ2v) is 7.60. The SMILES string of the molecule is COc1ccc(-c2nc3sc(=Cc4cccc(Br)c4)c(=O)n3n2)cc1OC. The fourth-order valence-electron chi connectivity index (χ4n) is 2.68. The molecule has 0 amide bonds. The molecule has 8 heteroatoms. The van der Waals surface area contributed by atoms with Gasteiger partial charge in [-0.1, -0.05) is 39.4 Å². The van der Waals surface area contributed by atoms with E-state index in [2.05, 4.69) is 26.0 Å². The van der Waals surface area contributed by atoms with E-state index in [0.29, 0.717) is 26.8 Å². The highest BCUT2D eigenvalue weighted by Gasteiger charge is 2.14. The number of halogens is 1. The van der Waals surface area contributed by atoms with E-state index < -0.39 is 0 Å². The topological polar surface area (TPSA) is 65.7 Å². The molecule has 2 aromatic heterocycles. The van der Waals surface area contributed by atoms with Crippen LogP contribution in [0.5, 0.6) is 11.5 Å². The minimum Gasteiger partial charge on any atom is -0.493 e. The summed E-state index contributed by atoms with van der Waals surface area (Å²) in [5, 5.41) is 4.37. The van der Waals surface area contributed by atoms with Gasteiger partial charge in [0.05, 0.1) is 18.8 Å². The second kappa shape index (κ2) is 7.13. The fourth-order valence-corrected chi connectivity index (χ4v) is 4.00. The number of benzene rings is 2. The van der Waals surface area contributed by atoms with Crippen molar-refractivity contribution in [3.8, 4) is 22.9 Å². The molecule has 6 nitrogen and oxygen atoms in total. The number of aromatic nitrogens is 3. The van der Waals surface area contributed by atoms with Crippen molar-refractivity contribution in [2.45, 2.75) is 0 Å². The van der Waals surface area contributed by atoms with Crippen LogP contribution in [0, 0.1) is 0 Å². The lowest BCUT2D eigenvalue weighted by Gasteiger charge is -2.07. The van der Waals surface area contributed by atoms with Crippen LogP contribution in [0.15, 0.2) is 51.7 Å². The van der Waals surface area contributed by atoms with Crippen molar-refractivity contribution in [2.24, 2.45) is 0 Å². The van der Waals surface area contributed by atoms with Crippen molar-refractivity contribution in [3.63, 3.8) is 0 Å². The molecular weight excluding hydrogens is 430 g/mol. The lowest BCUT2D eigenvalue weighted by Crippen LogP contribution is -2.23. The van der Waals surface area contributed by atoms with Crippen molar-refractivity contribution >= 4 is 38.3 Å². The van der Waals surface area contributed by atoms with Gasteiger partial charge in [-0.25, -0.2) is 0 Å². The highest BCUT2D eigenvalue weighted by molar-refractivity contribution is 9.10. The molecule has 0 spiro atoms. The van der Waals surface area contributed by atoms with Crippen LogP contribution in [0.2, 0.25) is 0 Å². The Balaban J connectivity index is 1.78. The number of nitrogens with zero attached hydrogens (tertiary/aromatic N) is 3. The van der Waals surface area contributed by atoms with Gasteiger partial charge in [-0.2, -0.15) is 9.50 Å². The maximum Gasteiger partial charge on any atom is 0.291 e. The van der Waals surface area contributed by atoms with Crippen LogP contribution in [-0.4, -0.2) is 28.8 Å². The van der Waals surface area contributed by atoms with E-state index in [4.69, 9.17) is 9.47 Å². The summed E-state index contributed by atoms with van der Waals surface area (Å²) in [6, 6.07) is 13.2. The molecule has 0 bridgehead atoms. The zero-order chi connectivity index (χ0) is 19.0. The second-order valence-electron chi connectivity index (χ2n) is 5.67. The van der Waals surface area contributed by atoms with Crippen LogP contribution in [0.25, 0.3) is 22.4 Å². The van der Waals surface area contributed by atoms with E-state index in [-0.39, 0.29) is 5.56 Å². The van der Waals surface area contributed by atoms with E-state index in [1.807, 2.05) is 36.4 Å². The largest absolute Gasteiger partial charge is 0.493 e. The molecule has 0 fully saturated rings. The van der Waals surface area contributed by atoms with Gasteiger partial charge in [-0.3, -0.25) is 4.79 Å². The van der Waals surface area contributed by atoms with E-state index >= 15 is 0 Å². The fraction of sp³-hybridized carbons (Fsp3) is 0.105. The molecule has 0 aliphatic heterocycles. The molecule has 4 aromatic rings. The smallest absolute Gasteiger partial charge is 0.291 e. The number of thiazole rings is 1. The average molecular weight is 444 g/mol. The summed E-state index contributed by atoms with van der Waals surface area (Å²) in [5.74, 6) is 1.67. The van der Waals surface area contributed by atoms with Crippen LogP contribution in [0.4, 0.5) is 0 Å². The van der Waals surface area contributed by atoms with Crippen molar-refractivity contribution in [1.82, 2.24) is 14.6 Å². The van der Waals surface area contributed by atoms with Gasteiger partial charge in [0.1, 0.15) is 0 Å². The Morgan fingerprint density at radius 1 is 1.11 bits per heavy atom. The van der Waals surface area contributed by atoms with Crippen molar-refractivity contribution in [2.75, 3.05) is 14.2 Å². The molecule has 0 saturated heterocycles. The average Bonchev–Trinajstić information content (AvgIpc) is 3.21. The highest BCUT2D eigenvalue weighted by Crippen LogP contribution is 2.31. The quantitative estimate of drug-likeness (QED) is 0.484. The minimum absolute atomic E-state index is 0.186. The summed E-state index contributed by atoms with van der Waals surface area (Å²) in [5.41, 5.74) is 1.50. The number of methoxy groups -OCH3 is 2. The van der Waals surface area contributed by atoms with Gasteiger partial charge in [0, 0.05) is 10.0 Å². The molecule has 2 aromatic carbocycles. The third-order valence-corrected chi connectivity index (χ3v) is 5.42. The Labute approximate surface area is 166 Å². The highest BCUT2D eigenvalue weighted by atomic mass is 79.9. The zero-order valence-corrected chi connectivity index (χ0v) is 16.9. The van der Waals surface area contributed by atoms with Crippen LogP contribution >= 0.6 is 27.3 Å². The van der Waals surface area contributed by atoms with Gasteiger partial charge < -0.3 is 9.47 Å². The Bertz CT molecular complexity index is 1250. The standard InChI is InChI=1S/C19H14BrN3O3S/c1-25-14-7-6-12(10-15(14)26-2)17-21-19-23(22-17)18(24)16(27-19)9-11-4-3-5-13(20)8-11/h3-10H,1-2H3. The monoisotopic (exact) mass is 443 g/mol. The Morgan fingerprint density at radius 2 is 1.93 bits per heavy atom. The van der Waals surface area contributed by atoms with Gasteiger partial charge in [0.25, 0.3) is 5.56 Å². The number of hydrogen-bond acceptors (Lipinski definition) is 6. The molecule has 0 N–H and O–H groups in total. The van der Waals surface area contributed by atoms with Gasteiger partial charge in [-0.05, 0) is 42.0 Å². The third kappa shape index (κ3) is 3.33. The summed E-state index contributed by atoms with van der Waals surface area (Å²) >= 11 is 4.74. The van der Waals surface area contributed by atoms with Gasteiger partial charge in [-0.15, -0.1) is 5.10 Å². The molecule has 2 heterocycles. The number of hydrogen-bond donors (Lipinski definition) is 0. The molecule has 0 unspecified atom stereocenters. The molecular formula is C19H14BrN3O3S. The minimum atomic E-state index is -0.186. The maximum absolute atomic E-state index is 12.7. The van der Waals surface area contributed by atoms with Crippen LogP contribution < -0.4 is 19.6 Å². The summed E-state index contributed by atoms with van der Waals surface area (Å²) in [4.78, 5) is 17.7. The first-order chi connectivity index (χ1) is 13.1. The lowest BCUT2D eigenvalue weighted by molar-refractivity contribution is 0.355. The predicted molar refractivity (Wildman–Crippen MR) is 109 cm³/mol. The van der Waals surface area contributed by atoms with Gasteiger partial charge in [0.15, 0.2) is 17.3 Å².